The van der Waals surface area contributed by atoms with Crippen LogP contribution >= 0.6 is 15.9 Å². The maximum Gasteiger partial charge on any atom is 0.346 e. The van der Waals surface area contributed by atoms with Crippen LogP contribution in [0.25, 0.3) is 6.08 Å². The number of ether oxygens (including phenoxy) is 2. The maximum absolute atomic E-state index is 10.9. The fourth-order valence-corrected chi connectivity index (χ4v) is 2.21. The Morgan fingerprint density at radius 1 is 1.25 bits per heavy atom. The van der Waals surface area contributed by atoms with Gasteiger partial charge in [0.1, 0.15) is 18.2 Å². The van der Waals surface area contributed by atoms with Crippen LogP contribution in [0.2, 0.25) is 0 Å². The molecule has 2 rings (SSSR count). The van der Waals surface area contributed by atoms with Crippen LogP contribution < -0.4 is 9.47 Å². The Bertz CT molecular complexity index is 807. The molecular formula is C18H14BrNO4. The Morgan fingerprint density at radius 3 is 2.54 bits per heavy atom. The average Bonchev–Trinajstić information content (AvgIpc) is 2.59. The van der Waals surface area contributed by atoms with Crippen molar-refractivity contribution in [1.29, 1.82) is 5.26 Å². The summed E-state index contributed by atoms with van der Waals surface area (Å²) in [6.07, 6.45) is 1.28. The molecule has 2 aromatic carbocycles. The second-order valence-electron chi connectivity index (χ2n) is 4.80. The molecule has 0 amide bonds. The first-order chi connectivity index (χ1) is 11.5. The van der Waals surface area contributed by atoms with E-state index in [1.165, 1.54) is 13.2 Å². The van der Waals surface area contributed by atoms with E-state index in [9.17, 15) is 4.79 Å². The molecule has 0 fully saturated rings. The van der Waals surface area contributed by atoms with E-state index >= 15 is 0 Å². The van der Waals surface area contributed by atoms with Crippen LogP contribution in [0.4, 0.5) is 0 Å². The number of carboxylic acid groups (broad SMARTS) is 1. The van der Waals surface area contributed by atoms with Gasteiger partial charge in [0.05, 0.1) is 7.11 Å². The fraction of sp³-hybridized carbons (Fsp3) is 0.111. The zero-order valence-corrected chi connectivity index (χ0v) is 14.4. The molecule has 2 aromatic rings. The number of halogens is 1. The zero-order valence-electron chi connectivity index (χ0n) is 12.8. The van der Waals surface area contributed by atoms with Gasteiger partial charge in [-0.2, -0.15) is 5.26 Å². The number of hydrogen-bond donors (Lipinski definition) is 1. The van der Waals surface area contributed by atoms with E-state index in [0.717, 1.165) is 10.0 Å². The first-order valence-corrected chi connectivity index (χ1v) is 7.73. The van der Waals surface area contributed by atoms with Crippen molar-refractivity contribution < 1.29 is 19.4 Å². The SMILES string of the molecule is COc1cc(C=C(C#N)C(=O)O)ccc1OCc1ccc(Br)cc1. The van der Waals surface area contributed by atoms with Crippen LogP contribution in [0.5, 0.6) is 11.5 Å². The molecule has 1 N–H and O–H groups in total. The molecule has 0 aliphatic carbocycles. The van der Waals surface area contributed by atoms with Gasteiger partial charge in [-0.15, -0.1) is 0 Å². The monoisotopic (exact) mass is 387 g/mol. The summed E-state index contributed by atoms with van der Waals surface area (Å²) in [5, 5.41) is 17.7. The Morgan fingerprint density at radius 2 is 1.96 bits per heavy atom. The second-order valence-corrected chi connectivity index (χ2v) is 5.72. The molecule has 0 aliphatic heterocycles. The highest BCUT2D eigenvalue weighted by molar-refractivity contribution is 9.10. The van der Waals surface area contributed by atoms with E-state index in [4.69, 9.17) is 19.8 Å². The molecule has 122 valence electrons. The molecule has 0 bridgehead atoms. The number of methoxy groups -OCH3 is 1. The fourth-order valence-electron chi connectivity index (χ4n) is 1.94. The summed E-state index contributed by atoms with van der Waals surface area (Å²) < 4.78 is 12.0. The Balaban J connectivity index is 2.18. The predicted molar refractivity (Wildman–Crippen MR) is 92.7 cm³/mol. The van der Waals surface area contributed by atoms with Crippen LogP contribution in [-0.2, 0) is 11.4 Å². The lowest BCUT2D eigenvalue weighted by Gasteiger charge is -2.11. The van der Waals surface area contributed by atoms with Crippen LogP contribution in [0.1, 0.15) is 11.1 Å². The number of hydrogen-bond acceptors (Lipinski definition) is 4. The third-order valence-corrected chi connectivity index (χ3v) is 3.69. The van der Waals surface area contributed by atoms with Crippen LogP contribution in [0.15, 0.2) is 52.5 Å². The van der Waals surface area contributed by atoms with Gasteiger partial charge in [0, 0.05) is 4.47 Å². The van der Waals surface area contributed by atoms with Crippen molar-refractivity contribution in [2.24, 2.45) is 0 Å². The van der Waals surface area contributed by atoms with Crippen molar-refractivity contribution in [3.63, 3.8) is 0 Å². The second kappa shape index (κ2) is 8.18. The van der Waals surface area contributed by atoms with Gasteiger partial charge in [-0.3, -0.25) is 0 Å². The zero-order chi connectivity index (χ0) is 17.5. The maximum atomic E-state index is 10.9. The quantitative estimate of drug-likeness (QED) is 0.597. The molecule has 0 saturated heterocycles. The van der Waals surface area contributed by atoms with Gasteiger partial charge in [-0.1, -0.05) is 34.1 Å². The molecule has 6 heteroatoms. The number of nitriles is 1. The molecule has 0 heterocycles. The third-order valence-electron chi connectivity index (χ3n) is 3.16. The summed E-state index contributed by atoms with van der Waals surface area (Å²) in [5.74, 6) is -0.276. The van der Waals surface area contributed by atoms with E-state index in [0.29, 0.717) is 23.7 Å². The number of benzene rings is 2. The lowest BCUT2D eigenvalue weighted by Crippen LogP contribution is -1.99. The van der Waals surface area contributed by atoms with Crippen LogP contribution in [0, 0.1) is 11.3 Å². The standard InChI is InChI=1S/C18H14BrNO4/c1-23-17-9-13(8-14(10-20)18(21)22)4-7-16(17)24-11-12-2-5-15(19)6-3-12/h2-9H,11H2,1H3,(H,21,22). The van der Waals surface area contributed by atoms with E-state index in [1.807, 2.05) is 24.3 Å². The van der Waals surface area contributed by atoms with Crippen molar-refractivity contribution in [2.75, 3.05) is 7.11 Å². The molecule has 0 aliphatic rings. The molecule has 0 atom stereocenters. The predicted octanol–water partition coefficient (Wildman–Crippen LogP) is 4.03. The molecule has 0 saturated carbocycles. The van der Waals surface area contributed by atoms with Crippen molar-refractivity contribution >= 4 is 28.0 Å². The first kappa shape index (κ1) is 17.6. The van der Waals surface area contributed by atoms with Crippen molar-refractivity contribution in [1.82, 2.24) is 0 Å². The number of nitrogens with zero attached hydrogens (tertiary/aromatic N) is 1. The molecule has 0 aromatic heterocycles. The summed E-state index contributed by atoms with van der Waals surface area (Å²) in [7, 11) is 1.50. The van der Waals surface area contributed by atoms with E-state index in [2.05, 4.69) is 15.9 Å². The molecule has 0 unspecified atom stereocenters. The largest absolute Gasteiger partial charge is 0.493 e. The van der Waals surface area contributed by atoms with Gasteiger partial charge in [0.2, 0.25) is 0 Å². The molecule has 0 radical (unpaired) electrons. The minimum atomic E-state index is -1.27. The topological polar surface area (TPSA) is 79.5 Å². The van der Waals surface area contributed by atoms with E-state index < -0.39 is 5.97 Å². The van der Waals surface area contributed by atoms with Crippen LogP contribution in [0.3, 0.4) is 0 Å². The highest BCUT2D eigenvalue weighted by Gasteiger charge is 2.09. The molecule has 24 heavy (non-hydrogen) atoms. The Hall–Kier alpha value is -2.78. The van der Waals surface area contributed by atoms with E-state index in [1.54, 1.807) is 24.3 Å². The highest BCUT2D eigenvalue weighted by atomic mass is 79.9. The summed E-state index contributed by atoms with van der Waals surface area (Å²) in [5.41, 5.74) is 1.20. The van der Waals surface area contributed by atoms with Gasteiger partial charge in [0.15, 0.2) is 11.5 Å². The number of carboxylic acids is 1. The smallest absolute Gasteiger partial charge is 0.346 e. The summed E-state index contributed by atoms with van der Waals surface area (Å²) in [6.45, 7) is 0.372. The Labute approximate surface area is 147 Å². The lowest BCUT2D eigenvalue weighted by atomic mass is 10.1. The summed E-state index contributed by atoms with van der Waals surface area (Å²) in [6, 6.07) is 14.4. The highest BCUT2D eigenvalue weighted by Crippen LogP contribution is 2.29. The Kier molecular flexibility index (Phi) is 5.99. The van der Waals surface area contributed by atoms with Gasteiger partial charge < -0.3 is 14.6 Å². The van der Waals surface area contributed by atoms with Crippen LogP contribution in [-0.4, -0.2) is 18.2 Å². The van der Waals surface area contributed by atoms with Gasteiger partial charge in [-0.25, -0.2) is 4.79 Å². The summed E-state index contributed by atoms with van der Waals surface area (Å²) in [4.78, 5) is 10.9. The average molecular weight is 388 g/mol. The normalized spacial score (nSPS) is 10.8. The first-order valence-electron chi connectivity index (χ1n) is 6.94. The number of aliphatic carboxylic acids is 1. The minimum absolute atomic E-state index is 0.347. The number of rotatable bonds is 6. The van der Waals surface area contributed by atoms with Gasteiger partial charge in [-0.05, 0) is 41.5 Å². The molecule has 0 spiro atoms. The lowest BCUT2D eigenvalue weighted by molar-refractivity contribution is -0.132. The molecule has 5 nitrogen and oxygen atoms in total. The minimum Gasteiger partial charge on any atom is -0.493 e. The third kappa shape index (κ3) is 4.61. The molecular weight excluding hydrogens is 374 g/mol. The van der Waals surface area contributed by atoms with Crippen molar-refractivity contribution in [3.8, 4) is 17.6 Å². The van der Waals surface area contributed by atoms with E-state index in [-0.39, 0.29) is 5.57 Å². The van der Waals surface area contributed by atoms with Gasteiger partial charge >= 0.3 is 5.97 Å². The number of carbonyl (C=O) groups is 1. The van der Waals surface area contributed by atoms with Gasteiger partial charge in [0.25, 0.3) is 0 Å². The van der Waals surface area contributed by atoms with Crippen molar-refractivity contribution in [3.05, 3.63) is 63.6 Å². The summed E-state index contributed by atoms with van der Waals surface area (Å²) >= 11 is 3.38. The van der Waals surface area contributed by atoms with Crippen molar-refractivity contribution in [2.45, 2.75) is 6.61 Å².